The van der Waals surface area contributed by atoms with E-state index in [1.807, 2.05) is 12.1 Å². The molecule has 0 saturated heterocycles. The van der Waals surface area contributed by atoms with Crippen LogP contribution in [0.3, 0.4) is 0 Å². The minimum absolute atomic E-state index is 0.188. The third-order valence-electron chi connectivity index (χ3n) is 11.1. The van der Waals surface area contributed by atoms with Gasteiger partial charge in [-0.1, -0.05) is 72.8 Å². The predicted octanol–water partition coefficient (Wildman–Crippen LogP) is 7.27. The Balaban J connectivity index is 0.000000191. The molecule has 0 saturated carbocycles. The molecule has 14 nitrogen and oxygen atoms in total. The lowest BCUT2D eigenvalue weighted by Crippen LogP contribution is -2.54. The van der Waals surface area contributed by atoms with Gasteiger partial charge in [0.1, 0.15) is 34.4 Å². The summed E-state index contributed by atoms with van der Waals surface area (Å²) in [7, 11) is 5.33. The van der Waals surface area contributed by atoms with Crippen molar-refractivity contribution in [2.45, 2.75) is 35.9 Å². The van der Waals surface area contributed by atoms with Gasteiger partial charge in [-0.15, -0.1) is 0 Å². The maximum absolute atomic E-state index is 13.7. The van der Waals surface area contributed by atoms with E-state index in [1.165, 1.54) is 53.0 Å². The molecule has 0 radical (unpaired) electrons. The molecule has 2 aliphatic rings. The van der Waals surface area contributed by atoms with E-state index in [1.54, 1.807) is 109 Å². The third-order valence-corrected chi connectivity index (χ3v) is 11.1. The second-order valence-electron chi connectivity index (χ2n) is 14.7. The van der Waals surface area contributed by atoms with Gasteiger partial charge in [0, 0.05) is 37.1 Å². The molecular formula is C50H42N2O12. The second kappa shape index (κ2) is 18.9. The number of carbonyl (C=O) groups is 6. The highest BCUT2D eigenvalue weighted by molar-refractivity contribution is 6.21. The van der Waals surface area contributed by atoms with Crippen LogP contribution in [-0.2, 0) is 19.1 Å². The van der Waals surface area contributed by atoms with E-state index >= 15 is 0 Å². The van der Waals surface area contributed by atoms with Gasteiger partial charge in [-0.2, -0.15) is 0 Å². The number of hydrogen-bond donors (Lipinski definition) is 0. The Kier molecular flexibility index (Phi) is 13.0. The summed E-state index contributed by atoms with van der Waals surface area (Å²) < 4.78 is 32.7. The van der Waals surface area contributed by atoms with Crippen LogP contribution >= 0.6 is 0 Å². The number of pyridine rings is 2. The molecule has 0 unspecified atom stereocenters. The number of hydrogen-bond acceptors (Lipinski definition) is 14. The maximum atomic E-state index is 13.7. The van der Waals surface area contributed by atoms with Crippen molar-refractivity contribution in [1.82, 2.24) is 9.97 Å². The van der Waals surface area contributed by atoms with E-state index in [2.05, 4.69) is 9.97 Å². The van der Waals surface area contributed by atoms with Crippen molar-refractivity contribution in [3.8, 4) is 23.0 Å². The molecule has 0 N–H and O–H groups in total. The quantitative estimate of drug-likeness (QED) is 0.0605. The standard InChI is InChI=1S/2C25H21NO6/c2*1-30-17-11-12-22-18(14-17)23(28)25(32-22,24(29)31-2)19(16-8-4-3-5-9-16)15-21(27)20-10-6-7-13-26-20/h2*3-14,19H,15H2,1-2H3/t2*19-,25-/m00/s1. The molecule has 4 aromatic carbocycles. The van der Waals surface area contributed by atoms with Crippen LogP contribution in [0.15, 0.2) is 146 Å². The van der Waals surface area contributed by atoms with Gasteiger partial charge in [0.2, 0.25) is 11.6 Å². The molecule has 0 spiro atoms. The summed E-state index contributed by atoms with van der Waals surface area (Å²) in [5.41, 5.74) is -2.08. The molecule has 2 aliphatic heterocycles. The number of fused-ring (bicyclic) bond motifs is 2. The van der Waals surface area contributed by atoms with E-state index < -0.39 is 46.5 Å². The highest BCUT2D eigenvalue weighted by Crippen LogP contribution is 2.48. The lowest BCUT2D eigenvalue weighted by atomic mass is 9.75. The Hall–Kier alpha value is -8.00. The molecule has 0 aliphatic carbocycles. The number of ketones is 4. The van der Waals surface area contributed by atoms with Gasteiger partial charge >= 0.3 is 11.9 Å². The molecule has 324 valence electrons. The zero-order valence-electron chi connectivity index (χ0n) is 35.2. The summed E-state index contributed by atoms with van der Waals surface area (Å²) in [4.78, 5) is 88.2. The maximum Gasteiger partial charge on any atom is 0.359 e. The van der Waals surface area contributed by atoms with Crippen LogP contribution in [0.25, 0.3) is 0 Å². The van der Waals surface area contributed by atoms with Gasteiger partial charge in [-0.3, -0.25) is 29.1 Å². The van der Waals surface area contributed by atoms with Crippen molar-refractivity contribution < 1.29 is 57.2 Å². The molecule has 0 bridgehead atoms. The SMILES string of the molecule is COC(=O)[C@@]1([C@@H](CC(=O)c2ccccn2)c2ccccc2)Oc2ccc(OC)cc2C1=O.COC(=O)[C@@]1([C@@H](CC(=O)c2ccccn2)c2ccccc2)Oc2ccc(OC)cc2C1=O. The van der Waals surface area contributed by atoms with E-state index in [4.69, 9.17) is 28.4 Å². The minimum Gasteiger partial charge on any atom is -0.497 e. The Morgan fingerprint density at radius 1 is 0.516 bits per heavy atom. The first-order valence-electron chi connectivity index (χ1n) is 20.0. The van der Waals surface area contributed by atoms with Crippen molar-refractivity contribution in [2.75, 3.05) is 28.4 Å². The Morgan fingerprint density at radius 3 is 1.22 bits per heavy atom. The fourth-order valence-electron chi connectivity index (χ4n) is 7.96. The van der Waals surface area contributed by atoms with E-state index in [0.717, 1.165) is 0 Å². The fraction of sp³-hybridized carbons (Fsp3) is 0.200. The lowest BCUT2D eigenvalue weighted by Gasteiger charge is -2.32. The molecule has 0 amide bonds. The topological polar surface area (TPSA) is 184 Å². The lowest BCUT2D eigenvalue weighted by molar-refractivity contribution is -0.156. The van der Waals surface area contributed by atoms with Crippen LogP contribution in [0.1, 0.15) is 77.5 Å². The van der Waals surface area contributed by atoms with Crippen LogP contribution in [0, 0.1) is 0 Å². The summed E-state index contributed by atoms with van der Waals surface area (Å²) in [6, 6.07) is 37.1. The zero-order chi connectivity index (χ0) is 45.4. The monoisotopic (exact) mass is 862 g/mol. The van der Waals surface area contributed by atoms with Crippen LogP contribution in [0.5, 0.6) is 23.0 Å². The number of nitrogens with zero attached hydrogens (tertiary/aromatic N) is 2. The average molecular weight is 863 g/mol. The number of carbonyl (C=O) groups excluding carboxylic acids is 6. The number of benzene rings is 4. The summed E-state index contributed by atoms with van der Waals surface area (Å²) >= 11 is 0. The largest absolute Gasteiger partial charge is 0.497 e. The Bertz CT molecular complexity index is 2510. The van der Waals surface area contributed by atoms with Crippen molar-refractivity contribution in [2.24, 2.45) is 0 Å². The number of methoxy groups -OCH3 is 4. The Labute approximate surface area is 368 Å². The van der Waals surface area contributed by atoms with Gasteiger partial charge in [-0.25, -0.2) is 9.59 Å². The molecule has 6 aromatic rings. The zero-order valence-corrected chi connectivity index (χ0v) is 35.2. The minimum atomic E-state index is -2.06. The summed E-state index contributed by atoms with van der Waals surface area (Å²) in [5, 5.41) is 0. The molecular weight excluding hydrogens is 821 g/mol. The third kappa shape index (κ3) is 8.20. The molecule has 2 aromatic heterocycles. The van der Waals surface area contributed by atoms with Crippen LogP contribution in [0.4, 0.5) is 0 Å². The first kappa shape index (κ1) is 44.1. The van der Waals surface area contributed by atoms with Crippen molar-refractivity contribution >= 4 is 35.1 Å². The predicted molar refractivity (Wildman–Crippen MR) is 230 cm³/mol. The number of aromatic nitrogens is 2. The van der Waals surface area contributed by atoms with Crippen molar-refractivity contribution in [3.05, 3.63) is 179 Å². The van der Waals surface area contributed by atoms with Crippen molar-refractivity contribution in [1.29, 1.82) is 0 Å². The number of rotatable bonds is 14. The smallest absolute Gasteiger partial charge is 0.359 e. The van der Waals surface area contributed by atoms with E-state index in [0.29, 0.717) is 22.6 Å². The highest BCUT2D eigenvalue weighted by Gasteiger charge is 2.62. The number of esters is 2. The van der Waals surface area contributed by atoms with Crippen molar-refractivity contribution in [3.63, 3.8) is 0 Å². The van der Waals surface area contributed by atoms with Crippen LogP contribution in [-0.4, -0.2) is 84.7 Å². The molecule has 14 heteroatoms. The second-order valence-corrected chi connectivity index (χ2v) is 14.7. The molecule has 4 heterocycles. The molecule has 4 atom stereocenters. The van der Waals surface area contributed by atoms with Gasteiger partial charge in [0.25, 0.3) is 11.2 Å². The normalized spacial score (nSPS) is 17.8. The summed E-state index contributed by atoms with van der Waals surface area (Å²) in [6.45, 7) is 0. The first-order chi connectivity index (χ1) is 31.0. The first-order valence-corrected chi connectivity index (χ1v) is 20.0. The summed E-state index contributed by atoms with van der Waals surface area (Å²) in [5.74, 6) is -4.11. The van der Waals surface area contributed by atoms with Crippen LogP contribution in [0.2, 0.25) is 0 Å². The molecule has 8 rings (SSSR count). The van der Waals surface area contributed by atoms with E-state index in [9.17, 15) is 28.8 Å². The van der Waals surface area contributed by atoms with Gasteiger partial charge < -0.3 is 28.4 Å². The number of Topliss-reactive ketones (excluding diaryl/α,β-unsaturated/α-hetero) is 4. The summed E-state index contributed by atoms with van der Waals surface area (Å²) in [6.07, 6.45) is 2.65. The van der Waals surface area contributed by atoms with Gasteiger partial charge in [-0.05, 0) is 71.8 Å². The van der Waals surface area contributed by atoms with Gasteiger partial charge in [0.05, 0.1) is 39.6 Å². The molecule has 0 fully saturated rings. The highest BCUT2D eigenvalue weighted by atomic mass is 16.6. The fourth-order valence-corrected chi connectivity index (χ4v) is 7.96. The van der Waals surface area contributed by atoms with Gasteiger partial charge in [0.15, 0.2) is 11.6 Å². The van der Waals surface area contributed by atoms with Crippen LogP contribution < -0.4 is 18.9 Å². The number of ether oxygens (including phenoxy) is 6. The Morgan fingerprint density at radius 2 is 0.891 bits per heavy atom. The average Bonchev–Trinajstić information content (AvgIpc) is 3.82. The van der Waals surface area contributed by atoms with E-state index in [-0.39, 0.29) is 58.4 Å². The molecule has 64 heavy (non-hydrogen) atoms.